The average molecular weight is 481 g/mol. The lowest BCUT2D eigenvalue weighted by Crippen LogP contribution is -2.43. The Hall–Kier alpha value is -3.69. The van der Waals surface area contributed by atoms with Crippen LogP contribution in [0.25, 0.3) is 10.8 Å². The van der Waals surface area contributed by atoms with E-state index in [1.807, 2.05) is 57.2 Å². The lowest BCUT2D eigenvalue weighted by molar-refractivity contribution is -0.131. The number of ether oxygens (including phenoxy) is 2. The number of imide groups is 1. The highest BCUT2D eigenvalue weighted by Crippen LogP contribution is 2.62. The van der Waals surface area contributed by atoms with Gasteiger partial charge in [-0.1, -0.05) is 42.0 Å². The van der Waals surface area contributed by atoms with E-state index < -0.39 is 23.0 Å². The summed E-state index contributed by atoms with van der Waals surface area (Å²) in [5.41, 5.74) is 1.91. The highest BCUT2D eigenvalue weighted by Gasteiger charge is 2.73. The third-order valence-electron chi connectivity index (χ3n) is 8.39. The standard InChI is InChI=1S/C30H28N2O4/c1-18-8-11-24(19(2)16-18)35-15-14-30-13-12-29(3,36-30)25-26(30)28(34)32(27(25)33)23-10-9-20(17-31)21-6-4-5-7-22(21)23/h4-11,16,25-26H,12-15H2,1-3H3. The third-order valence-corrected chi connectivity index (χ3v) is 8.39. The number of rotatable bonds is 5. The van der Waals surface area contributed by atoms with Crippen LogP contribution in [0.5, 0.6) is 5.75 Å². The van der Waals surface area contributed by atoms with E-state index >= 15 is 0 Å². The Kier molecular flexibility index (Phi) is 5.00. The molecular formula is C30H28N2O4. The fraction of sp³-hybridized carbons (Fsp3) is 0.367. The second kappa shape index (κ2) is 7.91. The third kappa shape index (κ3) is 3.12. The second-order valence-corrected chi connectivity index (χ2v) is 10.6. The summed E-state index contributed by atoms with van der Waals surface area (Å²) in [6.45, 7) is 6.45. The second-order valence-electron chi connectivity index (χ2n) is 10.6. The Balaban J connectivity index is 1.33. The van der Waals surface area contributed by atoms with E-state index in [0.717, 1.165) is 34.9 Å². The van der Waals surface area contributed by atoms with Crippen molar-refractivity contribution < 1.29 is 19.1 Å². The number of hydrogen-bond donors (Lipinski definition) is 0. The summed E-state index contributed by atoms with van der Waals surface area (Å²) in [7, 11) is 0. The molecule has 3 fully saturated rings. The predicted octanol–water partition coefficient (Wildman–Crippen LogP) is 5.22. The summed E-state index contributed by atoms with van der Waals surface area (Å²) < 4.78 is 12.7. The van der Waals surface area contributed by atoms with Gasteiger partial charge in [0.15, 0.2) is 0 Å². The van der Waals surface area contributed by atoms with Crippen LogP contribution in [-0.4, -0.2) is 29.6 Å². The van der Waals surface area contributed by atoms with Crippen molar-refractivity contribution in [3.63, 3.8) is 0 Å². The normalized spacial score (nSPS) is 28.6. The molecule has 6 heteroatoms. The van der Waals surface area contributed by atoms with Crippen molar-refractivity contribution in [1.82, 2.24) is 0 Å². The SMILES string of the molecule is Cc1ccc(OCCC23CCC(C)(O2)C2C(=O)N(c4ccc(C#N)c5ccccc45)C(=O)C23)c(C)c1. The number of anilines is 1. The number of benzene rings is 3. The average Bonchev–Trinajstić information content (AvgIpc) is 3.44. The van der Waals surface area contributed by atoms with Gasteiger partial charge in [0.25, 0.3) is 0 Å². The molecule has 36 heavy (non-hydrogen) atoms. The molecule has 6 rings (SSSR count). The van der Waals surface area contributed by atoms with Crippen molar-refractivity contribution in [2.45, 2.75) is 51.2 Å². The summed E-state index contributed by atoms with van der Waals surface area (Å²) in [6.07, 6.45) is 2.00. The minimum atomic E-state index is -0.720. The highest BCUT2D eigenvalue weighted by atomic mass is 16.5. The Morgan fingerprint density at radius 3 is 2.53 bits per heavy atom. The van der Waals surface area contributed by atoms with Crippen molar-refractivity contribution in [2.75, 3.05) is 11.5 Å². The van der Waals surface area contributed by atoms with E-state index in [9.17, 15) is 14.9 Å². The van der Waals surface area contributed by atoms with Crippen LogP contribution in [0.3, 0.4) is 0 Å². The summed E-state index contributed by atoms with van der Waals surface area (Å²) in [4.78, 5) is 29.2. The van der Waals surface area contributed by atoms with Gasteiger partial charge in [0.05, 0.1) is 47.0 Å². The fourth-order valence-corrected chi connectivity index (χ4v) is 6.72. The summed E-state index contributed by atoms with van der Waals surface area (Å²) >= 11 is 0. The Morgan fingerprint density at radius 2 is 1.78 bits per heavy atom. The first kappa shape index (κ1) is 22.8. The summed E-state index contributed by atoms with van der Waals surface area (Å²) in [6, 6.07) is 19.1. The Bertz CT molecular complexity index is 1470. The van der Waals surface area contributed by atoms with E-state index in [0.29, 0.717) is 24.3 Å². The van der Waals surface area contributed by atoms with Gasteiger partial charge < -0.3 is 9.47 Å². The van der Waals surface area contributed by atoms with Gasteiger partial charge in [-0.15, -0.1) is 0 Å². The molecule has 3 heterocycles. The van der Waals surface area contributed by atoms with E-state index in [1.165, 1.54) is 10.5 Å². The smallest absolute Gasteiger partial charge is 0.240 e. The predicted molar refractivity (Wildman–Crippen MR) is 136 cm³/mol. The van der Waals surface area contributed by atoms with Crippen LogP contribution in [0, 0.1) is 37.0 Å². The van der Waals surface area contributed by atoms with Gasteiger partial charge in [-0.25, -0.2) is 4.90 Å². The molecule has 0 N–H and O–H groups in total. The van der Waals surface area contributed by atoms with E-state index in [-0.39, 0.29) is 11.8 Å². The van der Waals surface area contributed by atoms with Crippen molar-refractivity contribution >= 4 is 28.3 Å². The van der Waals surface area contributed by atoms with Crippen LogP contribution < -0.4 is 9.64 Å². The maximum Gasteiger partial charge on any atom is 0.240 e. The van der Waals surface area contributed by atoms with Gasteiger partial charge in [0, 0.05) is 17.2 Å². The minimum absolute atomic E-state index is 0.209. The molecule has 2 bridgehead atoms. The molecule has 0 spiro atoms. The molecule has 3 saturated heterocycles. The summed E-state index contributed by atoms with van der Waals surface area (Å²) in [5.74, 6) is -0.656. The molecule has 0 aliphatic carbocycles. The number of carbonyl (C=O) groups excluding carboxylic acids is 2. The maximum atomic E-state index is 14.0. The topological polar surface area (TPSA) is 79.6 Å². The molecule has 4 atom stereocenters. The molecule has 2 amide bonds. The molecular weight excluding hydrogens is 452 g/mol. The van der Waals surface area contributed by atoms with Crippen LogP contribution in [-0.2, 0) is 14.3 Å². The Morgan fingerprint density at radius 1 is 1.03 bits per heavy atom. The van der Waals surface area contributed by atoms with Gasteiger partial charge in [-0.3, -0.25) is 9.59 Å². The van der Waals surface area contributed by atoms with E-state index in [2.05, 4.69) is 12.1 Å². The zero-order chi connectivity index (χ0) is 25.2. The largest absolute Gasteiger partial charge is 0.493 e. The van der Waals surface area contributed by atoms with Crippen LogP contribution in [0.1, 0.15) is 42.9 Å². The monoisotopic (exact) mass is 480 g/mol. The van der Waals surface area contributed by atoms with Crippen molar-refractivity contribution in [1.29, 1.82) is 5.26 Å². The molecule has 6 nitrogen and oxygen atoms in total. The van der Waals surface area contributed by atoms with Gasteiger partial charge in [-0.05, 0) is 57.4 Å². The molecule has 0 aromatic heterocycles. The van der Waals surface area contributed by atoms with Gasteiger partial charge in [-0.2, -0.15) is 5.26 Å². The van der Waals surface area contributed by atoms with Gasteiger partial charge in [0.2, 0.25) is 11.8 Å². The number of fused-ring (bicyclic) bond motifs is 6. The first-order chi connectivity index (χ1) is 17.3. The van der Waals surface area contributed by atoms with Crippen molar-refractivity contribution in [3.8, 4) is 11.8 Å². The van der Waals surface area contributed by atoms with E-state index in [4.69, 9.17) is 9.47 Å². The number of nitrogens with zero attached hydrogens (tertiary/aromatic N) is 2. The van der Waals surface area contributed by atoms with Gasteiger partial charge >= 0.3 is 0 Å². The molecule has 182 valence electrons. The lowest BCUT2D eigenvalue weighted by Gasteiger charge is -2.31. The quantitative estimate of drug-likeness (QED) is 0.468. The lowest BCUT2D eigenvalue weighted by atomic mass is 9.67. The zero-order valence-corrected chi connectivity index (χ0v) is 20.7. The molecule has 3 aliphatic rings. The van der Waals surface area contributed by atoms with Crippen LogP contribution >= 0.6 is 0 Å². The van der Waals surface area contributed by atoms with Gasteiger partial charge in [0.1, 0.15) is 5.75 Å². The molecule has 3 aromatic carbocycles. The minimum Gasteiger partial charge on any atom is -0.493 e. The van der Waals surface area contributed by atoms with Crippen LogP contribution in [0.2, 0.25) is 0 Å². The number of aryl methyl sites for hydroxylation is 2. The highest BCUT2D eigenvalue weighted by molar-refractivity contribution is 6.26. The van der Waals surface area contributed by atoms with Crippen molar-refractivity contribution in [3.05, 3.63) is 71.3 Å². The molecule has 3 aliphatic heterocycles. The number of amides is 2. The molecule has 3 aromatic rings. The van der Waals surface area contributed by atoms with Crippen LogP contribution in [0.15, 0.2) is 54.6 Å². The zero-order valence-electron chi connectivity index (χ0n) is 20.7. The summed E-state index contributed by atoms with van der Waals surface area (Å²) in [5, 5.41) is 11.0. The molecule has 0 radical (unpaired) electrons. The van der Waals surface area contributed by atoms with Crippen molar-refractivity contribution in [2.24, 2.45) is 11.8 Å². The maximum absolute atomic E-state index is 14.0. The molecule has 0 saturated carbocycles. The fourth-order valence-electron chi connectivity index (χ4n) is 6.72. The molecule has 4 unspecified atom stereocenters. The number of carbonyl (C=O) groups is 2. The Labute approximate surface area is 210 Å². The number of hydrogen-bond acceptors (Lipinski definition) is 5. The van der Waals surface area contributed by atoms with Crippen LogP contribution in [0.4, 0.5) is 5.69 Å². The first-order valence-electron chi connectivity index (χ1n) is 12.5. The number of nitriles is 1. The first-order valence-corrected chi connectivity index (χ1v) is 12.5. The van der Waals surface area contributed by atoms with E-state index in [1.54, 1.807) is 12.1 Å².